The average Bonchev–Trinajstić information content (AvgIpc) is 3.35. The molecule has 2 aromatic heterocycles. The third kappa shape index (κ3) is 4.18. The lowest BCUT2D eigenvalue weighted by atomic mass is 10.1. The van der Waals surface area contributed by atoms with Crippen molar-refractivity contribution in [3.8, 4) is 0 Å². The number of thiazole rings is 1. The first-order valence-electron chi connectivity index (χ1n) is 8.96. The van der Waals surface area contributed by atoms with E-state index in [0.717, 1.165) is 52.7 Å². The van der Waals surface area contributed by atoms with Gasteiger partial charge in [0, 0.05) is 23.1 Å². The van der Waals surface area contributed by atoms with Crippen LogP contribution in [0.3, 0.4) is 0 Å². The number of nitrogens with one attached hydrogen (secondary N) is 1. The van der Waals surface area contributed by atoms with Gasteiger partial charge in [-0.05, 0) is 30.7 Å². The predicted molar refractivity (Wildman–Crippen MR) is 114 cm³/mol. The molecule has 1 N–H and O–H groups in total. The average molecular weight is 457 g/mol. The minimum atomic E-state index is -3.91. The molecule has 4 aromatic rings. The first-order valence-corrected chi connectivity index (χ1v) is 11.3. The Bertz CT molecular complexity index is 1400. The Labute approximate surface area is 180 Å². The Morgan fingerprint density at radius 3 is 2.68 bits per heavy atom. The molecule has 0 saturated carbocycles. The molecule has 0 spiro atoms. The number of furan rings is 1. The lowest BCUT2D eigenvalue weighted by Crippen LogP contribution is -2.13. The molecule has 0 fully saturated rings. The second-order valence-electron chi connectivity index (χ2n) is 6.72. The molecular formula is C20H15N3O6S2. The summed E-state index contributed by atoms with van der Waals surface area (Å²) in [4.78, 5) is 26.4. The molecule has 0 aliphatic carbocycles. The van der Waals surface area contributed by atoms with E-state index in [2.05, 4.69) is 10.3 Å². The van der Waals surface area contributed by atoms with Crippen LogP contribution in [0.25, 0.3) is 11.0 Å². The number of carbonyl (C=O) groups excluding carboxylic acids is 1. The Hall–Kier alpha value is -3.57. The van der Waals surface area contributed by atoms with E-state index in [0.29, 0.717) is 11.1 Å². The van der Waals surface area contributed by atoms with Crippen molar-refractivity contribution in [2.24, 2.45) is 0 Å². The smallest absolute Gasteiger partial charge is 0.269 e. The summed E-state index contributed by atoms with van der Waals surface area (Å²) in [6.07, 6.45) is 2.71. The zero-order valence-electron chi connectivity index (χ0n) is 16.1. The molecule has 0 unspecified atom stereocenters. The number of non-ortho nitro benzene ring substituents is 1. The fraction of sp³-hybridized carbons (Fsp3) is 0.100. The highest BCUT2D eigenvalue weighted by atomic mass is 32.2. The van der Waals surface area contributed by atoms with Crippen LogP contribution in [-0.2, 0) is 21.1 Å². The number of fused-ring (bicyclic) bond motifs is 1. The molecular weight excluding hydrogens is 442 g/mol. The fourth-order valence-corrected chi connectivity index (χ4v) is 5.42. The molecule has 31 heavy (non-hydrogen) atoms. The van der Waals surface area contributed by atoms with Crippen LogP contribution in [0.1, 0.15) is 11.1 Å². The third-order valence-electron chi connectivity index (χ3n) is 4.52. The number of nitro benzene ring substituents is 1. The molecule has 9 nitrogen and oxygen atoms in total. The minimum Gasteiger partial charge on any atom is -0.464 e. The van der Waals surface area contributed by atoms with Gasteiger partial charge in [-0.25, -0.2) is 13.4 Å². The van der Waals surface area contributed by atoms with Crippen LogP contribution in [-0.4, -0.2) is 24.2 Å². The molecule has 11 heteroatoms. The quantitative estimate of drug-likeness (QED) is 0.340. The van der Waals surface area contributed by atoms with Gasteiger partial charge in [0.15, 0.2) is 5.13 Å². The van der Waals surface area contributed by atoms with Crippen molar-refractivity contribution >= 4 is 48.9 Å². The number of rotatable bonds is 6. The molecule has 0 bridgehead atoms. The second kappa shape index (κ2) is 7.93. The number of sulfone groups is 1. The first-order chi connectivity index (χ1) is 14.7. The Morgan fingerprint density at radius 1 is 1.23 bits per heavy atom. The summed E-state index contributed by atoms with van der Waals surface area (Å²) < 4.78 is 30.8. The molecule has 158 valence electrons. The van der Waals surface area contributed by atoms with Crippen molar-refractivity contribution in [3.05, 3.63) is 76.2 Å². The fourth-order valence-electron chi connectivity index (χ4n) is 2.97. The summed E-state index contributed by atoms with van der Waals surface area (Å²) in [6, 6.07) is 10.3. The lowest BCUT2D eigenvalue weighted by Gasteiger charge is -2.02. The van der Waals surface area contributed by atoms with Gasteiger partial charge in [0.2, 0.25) is 15.7 Å². The highest BCUT2D eigenvalue weighted by Crippen LogP contribution is 2.30. The van der Waals surface area contributed by atoms with Crippen LogP contribution < -0.4 is 5.32 Å². The maximum Gasteiger partial charge on any atom is 0.269 e. The summed E-state index contributed by atoms with van der Waals surface area (Å²) in [6.45, 7) is 1.94. The van der Waals surface area contributed by atoms with Crippen LogP contribution >= 0.6 is 11.3 Å². The number of amides is 1. The number of nitrogens with zero attached hydrogens (tertiary/aromatic N) is 2. The maximum absolute atomic E-state index is 12.7. The maximum atomic E-state index is 12.7. The van der Waals surface area contributed by atoms with Gasteiger partial charge in [-0.1, -0.05) is 23.5 Å². The molecule has 0 aliphatic rings. The molecule has 2 aromatic carbocycles. The Kier molecular flexibility index (Phi) is 5.29. The number of benzene rings is 2. The first kappa shape index (κ1) is 20.7. The van der Waals surface area contributed by atoms with Gasteiger partial charge < -0.3 is 9.73 Å². The molecule has 0 saturated heterocycles. The van der Waals surface area contributed by atoms with E-state index in [-0.39, 0.29) is 32.3 Å². The van der Waals surface area contributed by atoms with Crippen molar-refractivity contribution < 1.29 is 22.6 Å². The highest BCUT2D eigenvalue weighted by Gasteiger charge is 2.22. The molecule has 2 heterocycles. The van der Waals surface area contributed by atoms with Gasteiger partial charge in [-0.3, -0.25) is 14.9 Å². The number of aryl methyl sites for hydroxylation is 1. The van der Waals surface area contributed by atoms with Crippen LogP contribution in [0.15, 0.2) is 68.4 Å². The number of aromatic nitrogens is 1. The van der Waals surface area contributed by atoms with E-state index in [9.17, 15) is 23.3 Å². The predicted octanol–water partition coefficient (Wildman–Crippen LogP) is 4.12. The number of nitro groups is 1. The summed E-state index contributed by atoms with van der Waals surface area (Å²) in [5.41, 5.74) is 2.23. The SMILES string of the molecule is Cc1ccc2c(CC(=O)Nc3ncc(S(=O)(=O)c4ccc([N+](=O)[O-])cc4)s3)coc2c1. The van der Waals surface area contributed by atoms with E-state index in [1.165, 1.54) is 6.26 Å². The van der Waals surface area contributed by atoms with Gasteiger partial charge in [-0.15, -0.1) is 0 Å². The summed E-state index contributed by atoms with van der Waals surface area (Å²) >= 11 is 0.803. The van der Waals surface area contributed by atoms with E-state index < -0.39 is 14.8 Å². The van der Waals surface area contributed by atoms with Crippen molar-refractivity contribution in [1.82, 2.24) is 4.98 Å². The topological polar surface area (TPSA) is 132 Å². The van der Waals surface area contributed by atoms with Crippen molar-refractivity contribution in [1.29, 1.82) is 0 Å². The molecule has 1 amide bonds. The van der Waals surface area contributed by atoms with E-state index in [1.807, 2.05) is 25.1 Å². The van der Waals surface area contributed by atoms with Crippen molar-refractivity contribution in [2.45, 2.75) is 22.4 Å². The van der Waals surface area contributed by atoms with Crippen molar-refractivity contribution in [3.63, 3.8) is 0 Å². The second-order valence-corrected chi connectivity index (χ2v) is 9.93. The number of anilines is 1. The van der Waals surface area contributed by atoms with Crippen molar-refractivity contribution in [2.75, 3.05) is 5.32 Å². The molecule has 4 rings (SSSR count). The number of hydrogen-bond acceptors (Lipinski definition) is 8. The highest BCUT2D eigenvalue weighted by molar-refractivity contribution is 7.93. The summed E-state index contributed by atoms with van der Waals surface area (Å²) in [7, 11) is -3.91. The summed E-state index contributed by atoms with van der Waals surface area (Å²) in [5, 5.41) is 14.3. The van der Waals surface area contributed by atoms with E-state index in [1.54, 1.807) is 0 Å². The van der Waals surface area contributed by atoms with Crippen LogP contribution in [0.4, 0.5) is 10.8 Å². The minimum absolute atomic E-state index is 0.0417. The molecule has 0 aliphatic heterocycles. The van der Waals surface area contributed by atoms with Crippen LogP contribution in [0.5, 0.6) is 0 Å². The zero-order valence-corrected chi connectivity index (χ0v) is 17.7. The van der Waals surface area contributed by atoms with Gasteiger partial charge in [0.25, 0.3) is 5.69 Å². The van der Waals surface area contributed by atoms with Gasteiger partial charge in [0.1, 0.15) is 9.79 Å². The van der Waals surface area contributed by atoms with E-state index in [4.69, 9.17) is 4.42 Å². The molecule has 0 atom stereocenters. The van der Waals surface area contributed by atoms with Gasteiger partial charge >= 0.3 is 0 Å². The lowest BCUT2D eigenvalue weighted by molar-refractivity contribution is -0.384. The normalized spacial score (nSPS) is 11.5. The summed E-state index contributed by atoms with van der Waals surface area (Å²) in [5.74, 6) is -0.364. The molecule has 0 radical (unpaired) electrons. The Morgan fingerprint density at radius 2 is 1.97 bits per heavy atom. The third-order valence-corrected chi connectivity index (χ3v) is 7.66. The van der Waals surface area contributed by atoms with Crippen LogP contribution in [0.2, 0.25) is 0 Å². The zero-order chi connectivity index (χ0) is 22.2. The monoisotopic (exact) mass is 457 g/mol. The van der Waals surface area contributed by atoms with Gasteiger partial charge in [-0.2, -0.15) is 0 Å². The number of hydrogen-bond donors (Lipinski definition) is 1. The Balaban J connectivity index is 1.49. The van der Waals surface area contributed by atoms with Gasteiger partial charge in [0.05, 0.1) is 28.7 Å². The standard InChI is InChI=1S/C20H15N3O6S2/c1-12-2-7-16-13(11-29-17(16)8-12)9-18(24)22-20-21-10-19(30-20)31(27,28)15-5-3-14(4-6-15)23(25)26/h2-8,10-11H,9H2,1H3,(H,21,22,24). The number of carbonyl (C=O) groups is 1. The van der Waals surface area contributed by atoms with Crippen LogP contribution in [0, 0.1) is 17.0 Å². The van der Waals surface area contributed by atoms with E-state index >= 15 is 0 Å². The largest absolute Gasteiger partial charge is 0.464 e.